The van der Waals surface area contributed by atoms with Gasteiger partial charge >= 0.3 is 43.5 Å². The number of unbranched alkanes of at least 4 members (excludes halogenated alkanes) is 1. The van der Waals surface area contributed by atoms with Gasteiger partial charge in [0.2, 0.25) is 0 Å². The van der Waals surface area contributed by atoms with Crippen molar-refractivity contribution in [3.05, 3.63) is 0 Å². The molecule has 0 heterocycles. The molecule has 0 bridgehead atoms. The molecular formula is C26H70O13Si7. The molecule has 0 aromatic heterocycles. The van der Waals surface area contributed by atoms with E-state index in [0.717, 1.165) is 31.0 Å². The Morgan fingerprint density at radius 2 is 0.891 bits per heavy atom. The maximum atomic E-state index is 11.4. The molecule has 46 heavy (non-hydrogen) atoms. The summed E-state index contributed by atoms with van der Waals surface area (Å²) in [5, 5.41) is 0. The van der Waals surface area contributed by atoms with Crippen molar-refractivity contribution in [1.29, 1.82) is 0 Å². The molecule has 4 atom stereocenters. The maximum absolute atomic E-state index is 11.4. The molecule has 0 fully saturated rings. The Labute approximate surface area is 289 Å². The second-order valence-electron chi connectivity index (χ2n) is 11.8. The van der Waals surface area contributed by atoms with Crippen LogP contribution >= 0.6 is 0 Å². The Balaban J connectivity index is 0. The lowest BCUT2D eigenvalue weighted by molar-refractivity contribution is 0.123. The molecule has 0 saturated carbocycles. The van der Waals surface area contributed by atoms with Crippen molar-refractivity contribution < 1.29 is 57.7 Å². The summed E-state index contributed by atoms with van der Waals surface area (Å²) >= 11 is 0. The van der Waals surface area contributed by atoms with Crippen molar-refractivity contribution in [3.63, 3.8) is 0 Å². The monoisotopic (exact) mass is 786 g/mol. The van der Waals surface area contributed by atoms with E-state index in [2.05, 4.69) is 20.0 Å². The summed E-state index contributed by atoms with van der Waals surface area (Å²) in [5.74, 6) is 0. The smallest absolute Gasteiger partial charge is 0.439 e. The average Bonchev–Trinajstić information content (AvgIpc) is 3.03. The van der Waals surface area contributed by atoms with Gasteiger partial charge in [-0.2, -0.15) is 0 Å². The lowest BCUT2D eigenvalue weighted by Crippen LogP contribution is -2.53. The fourth-order valence-electron chi connectivity index (χ4n) is 5.17. The van der Waals surface area contributed by atoms with E-state index in [9.17, 15) is 4.80 Å². The Morgan fingerprint density at radius 1 is 0.522 bits per heavy atom. The van der Waals surface area contributed by atoms with Gasteiger partial charge < -0.3 is 57.7 Å². The zero-order valence-electron chi connectivity index (χ0n) is 31.5. The molecule has 0 radical (unpaired) electrons. The Kier molecular flexibility index (Phi) is 27.6. The molecule has 280 valence electrons. The Morgan fingerprint density at radius 3 is 1.22 bits per heavy atom. The summed E-state index contributed by atoms with van der Waals surface area (Å²) in [5.41, 5.74) is 0. The fourth-order valence-corrected chi connectivity index (χ4v) is 24.4. The van der Waals surface area contributed by atoms with Crippen molar-refractivity contribution in [2.45, 2.75) is 108 Å². The van der Waals surface area contributed by atoms with Crippen LogP contribution in [0.4, 0.5) is 0 Å². The second kappa shape index (κ2) is 25.9. The average molecular weight is 787 g/mol. The van der Waals surface area contributed by atoms with Gasteiger partial charge in [0.25, 0.3) is 0 Å². The summed E-state index contributed by atoms with van der Waals surface area (Å²) in [6.07, 6.45) is 4.72. The van der Waals surface area contributed by atoms with E-state index in [-0.39, 0.29) is 0 Å². The first kappa shape index (κ1) is 49.1. The predicted molar refractivity (Wildman–Crippen MR) is 199 cm³/mol. The number of hydrogen-bond acceptors (Lipinski definition) is 13. The molecular weight excluding hydrogens is 717 g/mol. The third-order valence-corrected chi connectivity index (χ3v) is 28.6. The van der Waals surface area contributed by atoms with E-state index in [0.29, 0.717) is 30.6 Å². The van der Waals surface area contributed by atoms with Crippen molar-refractivity contribution in [3.8, 4) is 0 Å². The molecule has 0 spiro atoms. The Bertz CT molecular complexity index is 709. The van der Waals surface area contributed by atoms with Gasteiger partial charge in [-0.15, -0.1) is 0 Å². The summed E-state index contributed by atoms with van der Waals surface area (Å²) in [4.78, 5) is 20.2. The molecule has 0 saturated heterocycles. The van der Waals surface area contributed by atoms with Gasteiger partial charge in [0.15, 0.2) is 18.1 Å². The van der Waals surface area contributed by atoms with Gasteiger partial charge in [-0.1, -0.05) is 19.8 Å². The van der Waals surface area contributed by atoms with Crippen molar-refractivity contribution in [1.82, 2.24) is 0 Å². The molecule has 0 aliphatic rings. The minimum Gasteiger partial charge on any atom is -0.439 e. The van der Waals surface area contributed by atoms with Crippen molar-refractivity contribution >= 4 is 61.6 Å². The minimum absolute atomic E-state index is 0.524. The molecule has 0 aliphatic heterocycles. The van der Waals surface area contributed by atoms with Crippen LogP contribution in [0.2, 0.25) is 68.5 Å². The van der Waals surface area contributed by atoms with Crippen molar-refractivity contribution in [2.75, 3.05) is 64.0 Å². The van der Waals surface area contributed by atoms with Gasteiger partial charge in [0.05, 0.1) is 0 Å². The first-order valence-electron chi connectivity index (χ1n) is 16.3. The molecule has 0 aliphatic carbocycles. The second-order valence-corrected chi connectivity index (χ2v) is 32.9. The standard InChI is InChI=1S/C21H56O12Si6.C5H14OSi/c1-23-37(24-2,25-3)19-13-16-34(10)32-36(12,18-15-21-39(29-7,30-8)31-9)33-35(11,22)17-14-20-38(26-4,27-5)28-6;1-3-4-5-7(2)6/h22,34H,13-21H2,1-12H3;6-7H,3-5H2,1-2H3. The maximum Gasteiger partial charge on any atom is 0.500 e. The summed E-state index contributed by atoms with van der Waals surface area (Å²) in [6.45, 7) is 10.2. The molecule has 20 heteroatoms. The van der Waals surface area contributed by atoms with E-state index < -0.39 is 61.6 Å². The number of hydrogen-bond donors (Lipinski definition) is 2. The van der Waals surface area contributed by atoms with Crippen LogP contribution in [0, 0.1) is 0 Å². The van der Waals surface area contributed by atoms with Gasteiger partial charge in [0.1, 0.15) is 0 Å². The molecule has 0 amide bonds. The predicted octanol–water partition coefficient (Wildman–Crippen LogP) is 4.45. The van der Waals surface area contributed by atoms with Crippen molar-refractivity contribution in [2.24, 2.45) is 0 Å². The van der Waals surface area contributed by atoms with Gasteiger partial charge in [0, 0.05) is 82.1 Å². The van der Waals surface area contributed by atoms with Crippen LogP contribution in [0.25, 0.3) is 0 Å². The fraction of sp³-hybridized carbons (Fsp3) is 1.00. The first-order valence-corrected chi connectivity index (χ1v) is 32.1. The van der Waals surface area contributed by atoms with Gasteiger partial charge in [-0.3, -0.25) is 0 Å². The van der Waals surface area contributed by atoms with Crippen LogP contribution in [0.5, 0.6) is 0 Å². The summed E-state index contributed by atoms with van der Waals surface area (Å²) < 4.78 is 63.4. The largest absolute Gasteiger partial charge is 0.500 e. The highest BCUT2D eigenvalue weighted by Crippen LogP contribution is 2.30. The number of rotatable bonds is 28. The van der Waals surface area contributed by atoms with Crippen LogP contribution in [-0.4, -0.2) is 135 Å². The lowest BCUT2D eigenvalue weighted by Gasteiger charge is -2.37. The summed E-state index contributed by atoms with van der Waals surface area (Å²) in [6, 6.07) is 5.18. The highest BCUT2D eigenvalue weighted by atomic mass is 28.5. The highest BCUT2D eigenvalue weighted by molar-refractivity contribution is 6.83. The van der Waals surface area contributed by atoms with Gasteiger partial charge in [-0.25, -0.2) is 0 Å². The van der Waals surface area contributed by atoms with E-state index in [1.807, 2.05) is 13.1 Å². The molecule has 13 nitrogen and oxygen atoms in total. The lowest BCUT2D eigenvalue weighted by atomic mass is 10.4. The van der Waals surface area contributed by atoms with E-state index in [1.54, 1.807) is 64.0 Å². The molecule has 4 unspecified atom stereocenters. The SMILES string of the molecule is CCCC[SiH](C)O.CO[Si](CCC[SiH](C)O[Si](C)(CCC[Si](OC)(OC)OC)O[Si](C)(O)CCC[Si](OC)(OC)OC)(OC)OC. The van der Waals surface area contributed by atoms with Crippen LogP contribution in [0.3, 0.4) is 0 Å². The topological polar surface area (TPSA) is 142 Å². The molecule has 2 N–H and O–H groups in total. The van der Waals surface area contributed by atoms with Crippen LogP contribution in [0.15, 0.2) is 0 Å². The molecule has 0 rings (SSSR count). The molecule has 0 aromatic rings. The normalized spacial score (nSPS) is 16.7. The first-order chi connectivity index (χ1) is 21.5. The van der Waals surface area contributed by atoms with E-state index in [1.165, 1.54) is 12.8 Å². The third kappa shape index (κ3) is 20.0. The molecule has 0 aromatic carbocycles. The minimum atomic E-state index is -3.06. The summed E-state index contributed by atoms with van der Waals surface area (Å²) in [7, 11) is -2.23. The van der Waals surface area contributed by atoms with Crippen LogP contribution in [0.1, 0.15) is 39.0 Å². The highest BCUT2D eigenvalue weighted by Gasteiger charge is 2.45. The quantitative estimate of drug-likeness (QED) is 0.108. The van der Waals surface area contributed by atoms with E-state index in [4.69, 9.17) is 52.9 Å². The van der Waals surface area contributed by atoms with Crippen LogP contribution in [-0.2, 0) is 48.1 Å². The van der Waals surface area contributed by atoms with E-state index >= 15 is 0 Å². The Hall–Kier alpha value is 0.998. The van der Waals surface area contributed by atoms with Gasteiger partial charge in [-0.05, 0) is 69.6 Å². The van der Waals surface area contributed by atoms with Crippen LogP contribution < -0.4 is 0 Å². The zero-order chi connectivity index (χ0) is 35.9. The zero-order valence-corrected chi connectivity index (χ0v) is 38.8. The third-order valence-electron chi connectivity index (χ3n) is 7.99.